The molecule has 1 saturated heterocycles. The highest BCUT2D eigenvalue weighted by molar-refractivity contribution is 9.10. The van der Waals surface area contributed by atoms with Gasteiger partial charge in [-0.2, -0.15) is 0 Å². The zero-order valence-corrected chi connectivity index (χ0v) is 19.5. The lowest BCUT2D eigenvalue weighted by molar-refractivity contribution is 0.269. The number of benzene rings is 1. The molecule has 0 bridgehead atoms. The van der Waals surface area contributed by atoms with E-state index in [-0.39, 0.29) is 18.1 Å². The average Bonchev–Trinajstić information content (AvgIpc) is 3.19. The van der Waals surface area contributed by atoms with Gasteiger partial charge in [0.05, 0.1) is 17.8 Å². The standard InChI is InChI=1S/C23H25BrN4S/c1-14(2)27-22(21(26-23(27)29)20-7-5-6-12-25-20)19-13-15(3)28(16(19)4)18-10-8-17(24)9-11-18/h5-14,21-22H,1-4H3,(H,26,29)/t21-,22+/m0/s1. The van der Waals surface area contributed by atoms with E-state index in [2.05, 4.69) is 99.8 Å². The van der Waals surface area contributed by atoms with Crippen molar-refractivity contribution in [2.24, 2.45) is 0 Å². The van der Waals surface area contributed by atoms with E-state index in [0.717, 1.165) is 21.0 Å². The van der Waals surface area contributed by atoms with Gasteiger partial charge in [0.1, 0.15) is 0 Å². The fourth-order valence-electron chi connectivity index (χ4n) is 4.33. The largest absolute Gasteiger partial charge is 0.352 e. The van der Waals surface area contributed by atoms with Gasteiger partial charge >= 0.3 is 0 Å². The van der Waals surface area contributed by atoms with Crippen LogP contribution in [-0.4, -0.2) is 25.6 Å². The maximum absolute atomic E-state index is 5.74. The van der Waals surface area contributed by atoms with Crippen LogP contribution in [0.1, 0.15) is 48.6 Å². The Hall–Kier alpha value is -2.18. The van der Waals surface area contributed by atoms with Gasteiger partial charge in [-0.05, 0) is 87.9 Å². The molecule has 0 saturated carbocycles. The molecule has 0 amide bonds. The number of halogens is 1. The SMILES string of the molecule is Cc1cc([C@@H]2[C@H](c3ccccn3)NC(=S)N2C(C)C)c(C)n1-c1ccc(Br)cc1. The molecule has 150 valence electrons. The van der Waals surface area contributed by atoms with Gasteiger partial charge in [-0.3, -0.25) is 4.98 Å². The van der Waals surface area contributed by atoms with Gasteiger partial charge < -0.3 is 14.8 Å². The normalized spacial score (nSPS) is 19.1. The van der Waals surface area contributed by atoms with Gasteiger partial charge in [-0.15, -0.1) is 0 Å². The highest BCUT2D eigenvalue weighted by Gasteiger charge is 2.42. The van der Waals surface area contributed by atoms with E-state index in [1.165, 1.54) is 17.0 Å². The molecule has 1 aliphatic heterocycles. The van der Waals surface area contributed by atoms with E-state index in [4.69, 9.17) is 12.2 Å². The maximum Gasteiger partial charge on any atom is 0.170 e. The number of rotatable bonds is 4. The zero-order valence-electron chi connectivity index (χ0n) is 17.1. The molecule has 1 aliphatic rings. The lowest BCUT2D eigenvalue weighted by Gasteiger charge is -2.31. The van der Waals surface area contributed by atoms with Gasteiger partial charge in [0.25, 0.3) is 0 Å². The Morgan fingerprint density at radius 3 is 2.45 bits per heavy atom. The van der Waals surface area contributed by atoms with Crippen molar-refractivity contribution in [2.45, 2.75) is 45.8 Å². The molecule has 4 nitrogen and oxygen atoms in total. The number of aromatic nitrogens is 2. The summed E-state index contributed by atoms with van der Waals surface area (Å²) in [6, 6.07) is 17.2. The molecule has 0 aliphatic carbocycles. The Kier molecular flexibility index (Phi) is 5.49. The zero-order chi connectivity index (χ0) is 20.7. The van der Waals surface area contributed by atoms with Gasteiger partial charge in [0.2, 0.25) is 0 Å². The molecule has 0 spiro atoms. The Labute approximate surface area is 186 Å². The number of hydrogen-bond donors (Lipinski definition) is 1. The van der Waals surface area contributed by atoms with Crippen LogP contribution >= 0.6 is 28.1 Å². The summed E-state index contributed by atoms with van der Waals surface area (Å²) in [5, 5.41) is 4.32. The third-order valence-corrected chi connectivity index (χ3v) is 6.42. The molecule has 1 fully saturated rings. The summed E-state index contributed by atoms with van der Waals surface area (Å²) in [7, 11) is 0. The summed E-state index contributed by atoms with van der Waals surface area (Å²) in [4.78, 5) is 6.94. The lowest BCUT2D eigenvalue weighted by atomic mass is 9.96. The second-order valence-electron chi connectivity index (χ2n) is 7.77. The van der Waals surface area contributed by atoms with Crippen LogP contribution in [0.15, 0.2) is 59.2 Å². The second-order valence-corrected chi connectivity index (χ2v) is 9.07. The van der Waals surface area contributed by atoms with Gasteiger partial charge in [0.15, 0.2) is 5.11 Å². The summed E-state index contributed by atoms with van der Waals surface area (Å²) < 4.78 is 3.40. The van der Waals surface area contributed by atoms with Crippen molar-refractivity contribution >= 4 is 33.3 Å². The Balaban J connectivity index is 1.85. The number of nitrogens with one attached hydrogen (secondary N) is 1. The van der Waals surface area contributed by atoms with Crippen molar-refractivity contribution in [1.82, 2.24) is 19.8 Å². The Bertz CT molecular complexity index is 1030. The van der Waals surface area contributed by atoms with E-state index in [9.17, 15) is 0 Å². The molecule has 29 heavy (non-hydrogen) atoms. The van der Waals surface area contributed by atoms with E-state index in [0.29, 0.717) is 0 Å². The van der Waals surface area contributed by atoms with Crippen molar-refractivity contribution in [2.75, 3.05) is 0 Å². The number of hydrogen-bond acceptors (Lipinski definition) is 2. The highest BCUT2D eigenvalue weighted by atomic mass is 79.9. The second kappa shape index (κ2) is 7.92. The highest BCUT2D eigenvalue weighted by Crippen LogP contribution is 2.42. The van der Waals surface area contributed by atoms with Crippen molar-refractivity contribution in [1.29, 1.82) is 0 Å². The maximum atomic E-state index is 5.74. The molecule has 4 rings (SSSR count). The van der Waals surface area contributed by atoms with Crippen LogP contribution in [0.3, 0.4) is 0 Å². The van der Waals surface area contributed by atoms with Crippen LogP contribution in [-0.2, 0) is 0 Å². The van der Waals surface area contributed by atoms with Crippen LogP contribution in [0.4, 0.5) is 0 Å². The van der Waals surface area contributed by atoms with Crippen LogP contribution < -0.4 is 5.32 Å². The van der Waals surface area contributed by atoms with Crippen molar-refractivity contribution in [3.05, 3.63) is 81.8 Å². The molecular weight excluding hydrogens is 444 g/mol. The summed E-state index contributed by atoms with van der Waals surface area (Å²) in [6.45, 7) is 8.74. The fraction of sp³-hybridized carbons (Fsp3) is 0.304. The number of pyridine rings is 1. The molecular formula is C23H25BrN4S. The summed E-state index contributed by atoms with van der Waals surface area (Å²) in [5.41, 5.74) is 5.89. The third-order valence-electron chi connectivity index (χ3n) is 5.57. The molecule has 6 heteroatoms. The molecule has 3 heterocycles. The van der Waals surface area contributed by atoms with E-state index in [1.807, 2.05) is 18.3 Å². The number of nitrogens with zero attached hydrogens (tertiary/aromatic N) is 3. The first-order valence-corrected chi connectivity index (χ1v) is 11.0. The van der Waals surface area contributed by atoms with Crippen LogP contribution in [0.5, 0.6) is 0 Å². The van der Waals surface area contributed by atoms with Gasteiger partial charge in [-0.25, -0.2) is 0 Å². The smallest absolute Gasteiger partial charge is 0.170 e. The quantitative estimate of drug-likeness (QED) is 0.502. The summed E-state index contributed by atoms with van der Waals surface area (Å²) >= 11 is 9.27. The third kappa shape index (κ3) is 3.60. The number of thiocarbonyl (C=S) groups is 1. The summed E-state index contributed by atoms with van der Waals surface area (Å²) in [6.07, 6.45) is 1.85. The summed E-state index contributed by atoms with van der Waals surface area (Å²) in [5.74, 6) is 0. The van der Waals surface area contributed by atoms with Gasteiger partial charge in [0, 0.05) is 33.8 Å². The molecule has 2 aromatic heterocycles. The minimum absolute atomic E-state index is 0.0185. The topological polar surface area (TPSA) is 33.1 Å². The molecule has 1 aromatic carbocycles. The number of aryl methyl sites for hydroxylation is 1. The Morgan fingerprint density at radius 2 is 1.83 bits per heavy atom. The first-order valence-electron chi connectivity index (χ1n) is 9.83. The van der Waals surface area contributed by atoms with Crippen molar-refractivity contribution in [3.63, 3.8) is 0 Å². The van der Waals surface area contributed by atoms with Gasteiger partial charge in [-0.1, -0.05) is 22.0 Å². The van der Waals surface area contributed by atoms with E-state index < -0.39 is 0 Å². The molecule has 0 radical (unpaired) electrons. The Morgan fingerprint density at radius 1 is 1.10 bits per heavy atom. The van der Waals surface area contributed by atoms with Crippen molar-refractivity contribution in [3.8, 4) is 5.69 Å². The first kappa shape index (κ1) is 20.1. The van der Waals surface area contributed by atoms with Crippen molar-refractivity contribution < 1.29 is 0 Å². The minimum Gasteiger partial charge on any atom is -0.352 e. The lowest BCUT2D eigenvalue weighted by Crippen LogP contribution is -2.35. The molecule has 3 aromatic rings. The fourth-order valence-corrected chi connectivity index (χ4v) is 5.04. The molecule has 1 N–H and O–H groups in total. The predicted molar refractivity (Wildman–Crippen MR) is 125 cm³/mol. The first-order chi connectivity index (χ1) is 13.9. The van der Waals surface area contributed by atoms with E-state index >= 15 is 0 Å². The molecule has 0 unspecified atom stereocenters. The predicted octanol–water partition coefficient (Wildman–Crippen LogP) is 5.63. The molecule has 2 atom stereocenters. The van der Waals surface area contributed by atoms with Crippen LogP contribution in [0.25, 0.3) is 5.69 Å². The van der Waals surface area contributed by atoms with E-state index in [1.54, 1.807) is 0 Å². The van der Waals surface area contributed by atoms with Crippen LogP contribution in [0.2, 0.25) is 0 Å². The monoisotopic (exact) mass is 468 g/mol. The minimum atomic E-state index is 0.0185. The average molecular weight is 469 g/mol. The van der Waals surface area contributed by atoms with Crippen LogP contribution in [0, 0.1) is 13.8 Å².